The van der Waals surface area contributed by atoms with E-state index in [0.717, 1.165) is 12.7 Å². The summed E-state index contributed by atoms with van der Waals surface area (Å²) >= 11 is 4.11. The summed E-state index contributed by atoms with van der Waals surface area (Å²) < 4.78 is 7.26. The summed E-state index contributed by atoms with van der Waals surface area (Å²) in [6.07, 6.45) is 0. The van der Waals surface area contributed by atoms with Crippen LogP contribution in [0.15, 0.2) is 36.4 Å². The summed E-state index contributed by atoms with van der Waals surface area (Å²) in [4.78, 5) is 11.0. The molecule has 0 aliphatic heterocycles. The average molecular weight is 505 g/mol. The molecule has 6 heteroatoms. The molecule has 0 aliphatic carbocycles. The fourth-order valence-corrected chi connectivity index (χ4v) is 3.79. The molecule has 0 saturated carbocycles. The predicted molar refractivity (Wildman–Crippen MR) is 94.3 cm³/mol. The van der Waals surface area contributed by atoms with Crippen molar-refractivity contribution in [2.45, 2.75) is 6.61 Å². The number of nitriles is 1. The third kappa shape index (κ3) is 4.07. The number of ether oxygens (including phenoxy) is 1. The molecule has 0 spiro atoms. The van der Waals surface area contributed by atoms with Gasteiger partial charge in [-0.1, -0.05) is 12.1 Å². The van der Waals surface area contributed by atoms with Gasteiger partial charge in [-0.2, -0.15) is 5.26 Å². The number of nitrogens with zero attached hydrogens (tertiary/aromatic N) is 1. The zero-order chi connectivity index (χ0) is 15.4. The van der Waals surface area contributed by atoms with Crippen molar-refractivity contribution in [2.24, 2.45) is 0 Å². The van der Waals surface area contributed by atoms with Gasteiger partial charge in [0.2, 0.25) is 0 Å². The van der Waals surface area contributed by atoms with Gasteiger partial charge in [-0.3, -0.25) is 0 Å². The van der Waals surface area contributed by atoms with E-state index in [4.69, 9.17) is 15.1 Å². The van der Waals surface area contributed by atoms with Gasteiger partial charge in [0.1, 0.15) is 12.4 Å². The van der Waals surface area contributed by atoms with Crippen LogP contribution in [0.2, 0.25) is 0 Å². The predicted octanol–water partition coefficient (Wildman–Crippen LogP) is 4.04. The van der Waals surface area contributed by atoms with Crippen LogP contribution in [0.1, 0.15) is 21.5 Å². The van der Waals surface area contributed by atoms with E-state index < -0.39 is 5.97 Å². The van der Waals surface area contributed by atoms with E-state index in [2.05, 4.69) is 51.3 Å². The molecule has 0 saturated heterocycles. The van der Waals surface area contributed by atoms with Crippen LogP contribution in [-0.4, -0.2) is 11.1 Å². The summed E-state index contributed by atoms with van der Waals surface area (Å²) in [5.74, 6) is -0.303. The van der Waals surface area contributed by atoms with Gasteiger partial charge in [-0.15, -0.1) is 0 Å². The van der Waals surface area contributed by atoms with Crippen LogP contribution in [-0.2, 0) is 6.61 Å². The first-order valence-electron chi connectivity index (χ1n) is 5.85. The second kappa shape index (κ2) is 7.09. The van der Waals surface area contributed by atoms with E-state index >= 15 is 0 Å². The number of rotatable bonds is 4. The number of benzene rings is 2. The van der Waals surface area contributed by atoms with Crippen LogP contribution in [0.5, 0.6) is 5.75 Å². The van der Waals surface area contributed by atoms with Gasteiger partial charge in [-0.05, 0) is 75.0 Å². The van der Waals surface area contributed by atoms with Crippen molar-refractivity contribution in [2.75, 3.05) is 0 Å². The molecule has 1 N–H and O–H groups in total. The molecule has 2 aromatic rings. The molecule has 0 aromatic heterocycles. The summed E-state index contributed by atoms with van der Waals surface area (Å²) in [5, 5.41) is 17.9. The third-order valence-corrected chi connectivity index (χ3v) is 4.29. The monoisotopic (exact) mass is 505 g/mol. The molecular formula is C15H9I2NO3. The van der Waals surface area contributed by atoms with Gasteiger partial charge < -0.3 is 9.84 Å². The molecule has 2 rings (SSSR count). The fourth-order valence-electron chi connectivity index (χ4n) is 1.71. The molecule has 21 heavy (non-hydrogen) atoms. The Balaban J connectivity index is 2.20. The van der Waals surface area contributed by atoms with Crippen molar-refractivity contribution < 1.29 is 14.6 Å². The molecule has 0 amide bonds. The van der Waals surface area contributed by atoms with E-state index in [1.165, 1.54) is 0 Å². The Hall–Kier alpha value is -1.34. The number of carboxylic acid groups (broad SMARTS) is 1. The minimum absolute atomic E-state index is 0.239. The maximum absolute atomic E-state index is 11.0. The van der Waals surface area contributed by atoms with E-state index in [9.17, 15) is 4.79 Å². The lowest BCUT2D eigenvalue weighted by atomic mass is 10.1. The second-order valence-corrected chi connectivity index (χ2v) is 6.50. The van der Waals surface area contributed by atoms with Gasteiger partial charge >= 0.3 is 5.97 Å². The first-order valence-corrected chi connectivity index (χ1v) is 8.01. The maximum atomic E-state index is 11.0. The highest BCUT2D eigenvalue weighted by Gasteiger charge is 2.12. The summed E-state index contributed by atoms with van der Waals surface area (Å²) in [6.45, 7) is 0.327. The zero-order valence-corrected chi connectivity index (χ0v) is 15.0. The standard InChI is InChI=1S/C15H9I2NO3/c16-12-5-11(15(19)20)6-13(17)14(12)21-8-10-3-1-2-9(4-10)7-18/h1-6H,8H2,(H,19,20). The Morgan fingerprint density at radius 3 is 2.48 bits per heavy atom. The summed E-state index contributed by atoms with van der Waals surface area (Å²) in [6, 6.07) is 12.4. The molecule has 0 heterocycles. The molecule has 4 nitrogen and oxygen atoms in total. The van der Waals surface area contributed by atoms with Crippen molar-refractivity contribution in [3.8, 4) is 11.8 Å². The van der Waals surface area contributed by atoms with Crippen LogP contribution in [0.25, 0.3) is 0 Å². The number of hydrogen-bond donors (Lipinski definition) is 1. The van der Waals surface area contributed by atoms with E-state index in [-0.39, 0.29) is 5.56 Å². The number of hydrogen-bond acceptors (Lipinski definition) is 3. The Morgan fingerprint density at radius 1 is 1.24 bits per heavy atom. The topological polar surface area (TPSA) is 70.3 Å². The van der Waals surface area contributed by atoms with Gasteiger partial charge in [0, 0.05) is 0 Å². The van der Waals surface area contributed by atoms with E-state index in [1.54, 1.807) is 30.3 Å². The van der Waals surface area contributed by atoms with Gasteiger partial charge in [0.25, 0.3) is 0 Å². The van der Waals surface area contributed by atoms with E-state index in [1.807, 2.05) is 6.07 Å². The highest BCUT2D eigenvalue weighted by Crippen LogP contribution is 2.29. The largest absolute Gasteiger partial charge is 0.487 e. The van der Waals surface area contributed by atoms with Crippen molar-refractivity contribution >= 4 is 51.2 Å². The molecule has 0 bridgehead atoms. The normalized spacial score (nSPS) is 9.95. The van der Waals surface area contributed by atoms with E-state index in [0.29, 0.717) is 17.9 Å². The average Bonchev–Trinajstić information content (AvgIpc) is 2.46. The Morgan fingerprint density at radius 2 is 1.90 bits per heavy atom. The lowest BCUT2D eigenvalue weighted by molar-refractivity contribution is 0.0696. The van der Waals surface area contributed by atoms with Gasteiger partial charge in [0.15, 0.2) is 0 Å². The highest BCUT2D eigenvalue weighted by molar-refractivity contribution is 14.1. The molecule has 0 atom stereocenters. The van der Waals surface area contributed by atoms with Gasteiger partial charge in [0.05, 0.1) is 24.3 Å². The number of halogens is 2. The molecule has 2 aromatic carbocycles. The van der Waals surface area contributed by atoms with Crippen molar-refractivity contribution in [1.29, 1.82) is 5.26 Å². The quantitative estimate of drug-likeness (QED) is 0.638. The lowest BCUT2D eigenvalue weighted by Crippen LogP contribution is -2.03. The number of carbonyl (C=O) groups is 1. The van der Waals surface area contributed by atoms with Crippen LogP contribution in [0.3, 0.4) is 0 Å². The Kier molecular flexibility index (Phi) is 5.41. The highest BCUT2D eigenvalue weighted by atomic mass is 127. The lowest BCUT2D eigenvalue weighted by Gasteiger charge is -2.11. The minimum Gasteiger partial charge on any atom is -0.487 e. The van der Waals surface area contributed by atoms with Crippen LogP contribution < -0.4 is 4.74 Å². The fraction of sp³-hybridized carbons (Fsp3) is 0.0667. The molecular weight excluding hydrogens is 496 g/mol. The van der Waals surface area contributed by atoms with Crippen molar-refractivity contribution in [3.05, 3.63) is 60.2 Å². The molecule has 0 aliphatic rings. The minimum atomic E-state index is -0.959. The van der Waals surface area contributed by atoms with Crippen molar-refractivity contribution in [3.63, 3.8) is 0 Å². The maximum Gasteiger partial charge on any atom is 0.335 e. The number of carboxylic acids is 1. The summed E-state index contributed by atoms with van der Waals surface area (Å²) in [5.41, 5.74) is 1.72. The van der Waals surface area contributed by atoms with Gasteiger partial charge in [-0.25, -0.2) is 4.79 Å². The third-order valence-electron chi connectivity index (χ3n) is 2.68. The van der Waals surface area contributed by atoms with Crippen molar-refractivity contribution in [1.82, 2.24) is 0 Å². The van der Waals surface area contributed by atoms with Crippen LogP contribution in [0.4, 0.5) is 0 Å². The molecule has 0 radical (unpaired) electrons. The number of aromatic carboxylic acids is 1. The molecule has 0 fully saturated rings. The van der Waals surface area contributed by atoms with Crippen LogP contribution >= 0.6 is 45.2 Å². The first-order chi connectivity index (χ1) is 10.0. The smallest absolute Gasteiger partial charge is 0.335 e. The molecule has 106 valence electrons. The summed E-state index contributed by atoms with van der Waals surface area (Å²) in [7, 11) is 0. The molecule has 0 unspecified atom stereocenters. The van der Waals surface area contributed by atoms with Crippen LogP contribution in [0, 0.1) is 18.5 Å². The Labute approximate surface area is 149 Å². The Bertz CT molecular complexity index is 715. The second-order valence-electron chi connectivity index (χ2n) is 4.18. The first kappa shape index (κ1) is 16.0. The SMILES string of the molecule is N#Cc1cccc(COc2c(I)cc(C(=O)O)cc2I)c1. The zero-order valence-electron chi connectivity index (χ0n) is 10.6.